The molecule has 5 heteroatoms. The summed E-state index contributed by atoms with van der Waals surface area (Å²) in [6.07, 6.45) is 2.00. The van der Waals surface area contributed by atoms with E-state index in [0.29, 0.717) is 13.1 Å². The minimum absolute atomic E-state index is 0.0463. The molecule has 1 aromatic carbocycles. The Morgan fingerprint density at radius 1 is 1.24 bits per heavy atom. The van der Waals surface area contributed by atoms with Gasteiger partial charge < -0.3 is 15.4 Å². The van der Waals surface area contributed by atoms with E-state index >= 15 is 0 Å². The van der Waals surface area contributed by atoms with Gasteiger partial charge in [0, 0.05) is 19.7 Å². The van der Waals surface area contributed by atoms with Gasteiger partial charge in [0.1, 0.15) is 0 Å². The zero-order valence-corrected chi connectivity index (χ0v) is 12.3. The average molecular weight is 290 g/mol. The monoisotopic (exact) mass is 290 g/mol. The number of ether oxygens (including phenoxy) is 1. The maximum absolute atomic E-state index is 11.7. The second-order valence-corrected chi connectivity index (χ2v) is 5.37. The first-order chi connectivity index (χ1) is 10.2. The van der Waals surface area contributed by atoms with Crippen molar-refractivity contribution in [2.75, 3.05) is 19.7 Å². The third kappa shape index (κ3) is 4.86. The lowest BCUT2D eigenvalue weighted by atomic mass is 10.0. The zero-order chi connectivity index (χ0) is 15.1. The quantitative estimate of drug-likeness (QED) is 0.801. The summed E-state index contributed by atoms with van der Waals surface area (Å²) in [5, 5.41) is 5.28. The maximum atomic E-state index is 11.7. The van der Waals surface area contributed by atoms with Crippen LogP contribution in [0.1, 0.15) is 31.2 Å². The lowest BCUT2D eigenvalue weighted by Crippen LogP contribution is -2.43. The fourth-order valence-corrected chi connectivity index (χ4v) is 2.32. The van der Waals surface area contributed by atoms with Gasteiger partial charge in [0.15, 0.2) is 0 Å². The van der Waals surface area contributed by atoms with Crippen LogP contribution in [0.2, 0.25) is 0 Å². The topological polar surface area (TPSA) is 67.4 Å². The standard InChI is InChI=1S/C16H22N2O3/c1-12(13-6-3-2-4-7-13)10-17-15(19)16(20)18-11-14-8-5-9-21-14/h2-4,6-7,12,14H,5,8-11H2,1H3,(H,17,19)(H,18,20)/t12-,14+/m0/s1. The Bertz CT molecular complexity index is 470. The van der Waals surface area contributed by atoms with E-state index in [0.717, 1.165) is 25.0 Å². The van der Waals surface area contributed by atoms with Crippen molar-refractivity contribution in [1.82, 2.24) is 10.6 Å². The number of hydrogen-bond donors (Lipinski definition) is 2. The molecule has 2 amide bonds. The minimum atomic E-state index is -0.592. The van der Waals surface area contributed by atoms with Crippen LogP contribution in [-0.2, 0) is 14.3 Å². The molecule has 2 atom stereocenters. The highest BCUT2D eigenvalue weighted by molar-refractivity contribution is 6.35. The van der Waals surface area contributed by atoms with Crippen molar-refractivity contribution in [1.29, 1.82) is 0 Å². The first-order valence-corrected chi connectivity index (χ1v) is 7.39. The number of carbonyl (C=O) groups excluding carboxylic acids is 2. The van der Waals surface area contributed by atoms with Crippen molar-refractivity contribution in [2.45, 2.75) is 31.8 Å². The van der Waals surface area contributed by atoms with E-state index in [1.165, 1.54) is 0 Å². The first-order valence-electron chi connectivity index (χ1n) is 7.39. The van der Waals surface area contributed by atoms with Crippen LogP contribution in [-0.4, -0.2) is 37.6 Å². The Balaban J connectivity index is 1.69. The van der Waals surface area contributed by atoms with Gasteiger partial charge in [0.05, 0.1) is 6.10 Å². The van der Waals surface area contributed by atoms with Gasteiger partial charge in [-0.15, -0.1) is 0 Å². The van der Waals surface area contributed by atoms with Crippen LogP contribution in [0.25, 0.3) is 0 Å². The van der Waals surface area contributed by atoms with Gasteiger partial charge in [0.25, 0.3) is 0 Å². The molecule has 1 fully saturated rings. The SMILES string of the molecule is C[C@@H](CNC(=O)C(=O)NC[C@H]1CCCO1)c1ccccc1. The van der Waals surface area contributed by atoms with Gasteiger partial charge >= 0.3 is 11.8 Å². The normalized spacial score (nSPS) is 19.0. The lowest BCUT2D eigenvalue weighted by molar-refractivity contribution is -0.139. The van der Waals surface area contributed by atoms with E-state index in [4.69, 9.17) is 4.74 Å². The fraction of sp³-hybridized carbons (Fsp3) is 0.500. The molecule has 0 saturated carbocycles. The Labute approximate surface area is 125 Å². The summed E-state index contributed by atoms with van der Waals surface area (Å²) in [6.45, 7) is 3.60. The fourth-order valence-electron chi connectivity index (χ4n) is 2.32. The van der Waals surface area contributed by atoms with Crippen molar-refractivity contribution in [3.63, 3.8) is 0 Å². The largest absolute Gasteiger partial charge is 0.376 e. The molecule has 1 saturated heterocycles. The molecule has 1 aliphatic rings. The van der Waals surface area contributed by atoms with Gasteiger partial charge in [-0.25, -0.2) is 0 Å². The number of rotatable bonds is 5. The summed E-state index contributed by atoms with van der Waals surface area (Å²) >= 11 is 0. The molecule has 0 aliphatic carbocycles. The zero-order valence-electron chi connectivity index (χ0n) is 12.3. The molecule has 114 valence electrons. The summed E-state index contributed by atoms with van der Waals surface area (Å²) in [6, 6.07) is 9.89. The van der Waals surface area contributed by atoms with Gasteiger partial charge in [-0.2, -0.15) is 0 Å². The molecular formula is C16H22N2O3. The molecular weight excluding hydrogens is 268 g/mol. The first kappa shape index (κ1) is 15.5. The molecule has 0 unspecified atom stereocenters. The van der Waals surface area contributed by atoms with Crippen LogP contribution >= 0.6 is 0 Å². The smallest absolute Gasteiger partial charge is 0.309 e. The van der Waals surface area contributed by atoms with Crippen LogP contribution in [0.4, 0.5) is 0 Å². The number of nitrogens with one attached hydrogen (secondary N) is 2. The molecule has 0 spiro atoms. The number of benzene rings is 1. The molecule has 2 N–H and O–H groups in total. The predicted molar refractivity (Wildman–Crippen MR) is 79.9 cm³/mol. The highest BCUT2D eigenvalue weighted by Crippen LogP contribution is 2.13. The van der Waals surface area contributed by atoms with Crippen molar-refractivity contribution < 1.29 is 14.3 Å². The Morgan fingerprint density at radius 3 is 2.62 bits per heavy atom. The van der Waals surface area contributed by atoms with Gasteiger partial charge in [0.2, 0.25) is 0 Å². The van der Waals surface area contributed by atoms with Crippen LogP contribution in [0.5, 0.6) is 0 Å². The number of carbonyl (C=O) groups is 2. The van der Waals surface area contributed by atoms with E-state index in [-0.39, 0.29) is 12.0 Å². The Kier molecular flexibility index (Phi) is 5.75. The summed E-state index contributed by atoms with van der Waals surface area (Å²) in [4.78, 5) is 23.4. The summed E-state index contributed by atoms with van der Waals surface area (Å²) in [5.74, 6) is -1.01. The second-order valence-electron chi connectivity index (χ2n) is 5.37. The van der Waals surface area contributed by atoms with Crippen molar-refractivity contribution >= 4 is 11.8 Å². The molecule has 1 aromatic rings. The molecule has 1 aliphatic heterocycles. The second kappa shape index (κ2) is 7.78. The summed E-state index contributed by atoms with van der Waals surface area (Å²) in [5.41, 5.74) is 1.14. The highest BCUT2D eigenvalue weighted by atomic mass is 16.5. The lowest BCUT2D eigenvalue weighted by Gasteiger charge is -2.14. The van der Waals surface area contributed by atoms with Crippen LogP contribution in [0.3, 0.4) is 0 Å². The van der Waals surface area contributed by atoms with E-state index in [1.54, 1.807) is 0 Å². The predicted octanol–water partition coefficient (Wildman–Crippen LogP) is 1.20. The third-order valence-electron chi connectivity index (χ3n) is 3.66. The van der Waals surface area contributed by atoms with Crippen molar-refractivity contribution in [3.8, 4) is 0 Å². The Hall–Kier alpha value is -1.88. The van der Waals surface area contributed by atoms with Gasteiger partial charge in [-0.05, 0) is 24.3 Å². The molecule has 0 bridgehead atoms. The van der Waals surface area contributed by atoms with E-state index in [2.05, 4.69) is 10.6 Å². The van der Waals surface area contributed by atoms with E-state index in [9.17, 15) is 9.59 Å². The summed E-state index contributed by atoms with van der Waals surface area (Å²) in [7, 11) is 0. The van der Waals surface area contributed by atoms with Crippen molar-refractivity contribution in [3.05, 3.63) is 35.9 Å². The van der Waals surface area contributed by atoms with E-state index in [1.807, 2.05) is 37.3 Å². The van der Waals surface area contributed by atoms with E-state index < -0.39 is 11.8 Å². The molecule has 21 heavy (non-hydrogen) atoms. The summed E-state index contributed by atoms with van der Waals surface area (Å²) < 4.78 is 5.39. The van der Waals surface area contributed by atoms with Gasteiger partial charge in [-0.1, -0.05) is 37.3 Å². The van der Waals surface area contributed by atoms with Crippen LogP contribution in [0, 0.1) is 0 Å². The van der Waals surface area contributed by atoms with Crippen molar-refractivity contribution in [2.24, 2.45) is 0 Å². The average Bonchev–Trinajstić information content (AvgIpc) is 3.04. The van der Waals surface area contributed by atoms with Crippen LogP contribution < -0.4 is 10.6 Å². The molecule has 1 heterocycles. The van der Waals surface area contributed by atoms with Gasteiger partial charge in [-0.3, -0.25) is 9.59 Å². The maximum Gasteiger partial charge on any atom is 0.309 e. The molecule has 2 rings (SSSR count). The molecule has 0 radical (unpaired) electrons. The third-order valence-corrected chi connectivity index (χ3v) is 3.66. The molecule has 0 aromatic heterocycles. The Morgan fingerprint density at radius 2 is 1.95 bits per heavy atom. The molecule has 5 nitrogen and oxygen atoms in total. The highest BCUT2D eigenvalue weighted by Gasteiger charge is 2.19. The number of hydrogen-bond acceptors (Lipinski definition) is 3. The van der Waals surface area contributed by atoms with Crippen LogP contribution in [0.15, 0.2) is 30.3 Å². The minimum Gasteiger partial charge on any atom is -0.376 e. The number of amides is 2.